The molecular formula is C25H23N3O3S. The number of ketones is 1. The van der Waals surface area contributed by atoms with Gasteiger partial charge in [0.1, 0.15) is 18.1 Å². The Morgan fingerprint density at radius 3 is 2.31 bits per heavy atom. The van der Waals surface area contributed by atoms with Crippen LogP contribution in [0.4, 0.5) is 0 Å². The van der Waals surface area contributed by atoms with Crippen molar-refractivity contribution in [1.29, 1.82) is 0 Å². The van der Waals surface area contributed by atoms with Gasteiger partial charge in [-0.15, -0.1) is 10.2 Å². The first-order valence-electron chi connectivity index (χ1n) is 10.1. The molecule has 0 aliphatic carbocycles. The van der Waals surface area contributed by atoms with Crippen LogP contribution in [-0.4, -0.2) is 33.4 Å². The van der Waals surface area contributed by atoms with Gasteiger partial charge in [0.05, 0.1) is 12.9 Å². The molecule has 0 saturated carbocycles. The fourth-order valence-corrected chi connectivity index (χ4v) is 3.96. The molecule has 0 aliphatic heterocycles. The van der Waals surface area contributed by atoms with Crippen molar-refractivity contribution >= 4 is 17.5 Å². The maximum Gasteiger partial charge on any atom is 0.196 e. The number of methoxy groups -OCH3 is 1. The first-order valence-corrected chi connectivity index (χ1v) is 11.1. The molecule has 0 radical (unpaired) electrons. The molecule has 0 unspecified atom stereocenters. The number of ether oxygens (including phenoxy) is 2. The Balaban J connectivity index is 1.57. The van der Waals surface area contributed by atoms with E-state index in [0.29, 0.717) is 16.5 Å². The molecule has 0 saturated heterocycles. The Morgan fingerprint density at radius 1 is 0.906 bits per heavy atom. The zero-order valence-corrected chi connectivity index (χ0v) is 18.7. The topological polar surface area (TPSA) is 66.2 Å². The van der Waals surface area contributed by atoms with Gasteiger partial charge in [0.15, 0.2) is 16.8 Å². The summed E-state index contributed by atoms with van der Waals surface area (Å²) in [6, 6.07) is 24.8. The third kappa shape index (κ3) is 5.18. The lowest BCUT2D eigenvalue weighted by atomic mass is 10.1. The zero-order valence-electron chi connectivity index (χ0n) is 17.9. The molecule has 1 aromatic heterocycles. The molecule has 32 heavy (non-hydrogen) atoms. The summed E-state index contributed by atoms with van der Waals surface area (Å²) in [5, 5.41) is 9.30. The molecule has 4 rings (SSSR count). The molecule has 0 amide bonds. The van der Waals surface area contributed by atoms with E-state index in [1.807, 2.05) is 90.4 Å². The van der Waals surface area contributed by atoms with Gasteiger partial charge in [-0.25, -0.2) is 0 Å². The highest BCUT2D eigenvalue weighted by molar-refractivity contribution is 7.99. The van der Waals surface area contributed by atoms with Gasteiger partial charge in [0.2, 0.25) is 0 Å². The summed E-state index contributed by atoms with van der Waals surface area (Å²) in [5.41, 5.74) is 2.68. The minimum Gasteiger partial charge on any atom is -0.497 e. The third-order valence-electron chi connectivity index (χ3n) is 4.85. The van der Waals surface area contributed by atoms with E-state index in [4.69, 9.17) is 9.47 Å². The average Bonchev–Trinajstić information content (AvgIpc) is 3.25. The lowest BCUT2D eigenvalue weighted by Crippen LogP contribution is -2.08. The van der Waals surface area contributed by atoms with Gasteiger partial charge in [-0.2, -0.15) is 0 Å². The molecule has 0 spiro atoms. The minimum absolute atomic E-state index is 0.0429. The van der Waals surface area contributed by atoms with Crippen molar-refractivity contribution in [3.05, 3.63) is 95.8 Å². The molecular weight excluding hydrogens is 422 g/mol. The van der Waals surface area contributed by atoms with Crippen LogP contribution in [0.2, 0.25) is 0 Å². The van der Waals surface area contributed by atoms with E-state index in [9.17, 15) is 4.79 Å². The van der Waals surface area contributed by atoms with Crippen molar-refractivity contribution in [2.75, 3.05) is 12.9 Å². The smallest absolute Gasteiger partial charge is 0.196 e. The highest BCUT2D eigenvalue weighted by Crippen LogP contribution is 2.25. The van der Waals surface area contributed by atoms with Crippen LogP contribution in [0.5, 0.6) is 11.5 Å². The van der Waals surface area contributed by atoms with Crippen molar-refractivity contribution < 1.29 is 14.3 Å². The van der Waals surface area contributed by atoms with Gasteiger partial charge >= 0.3 is 0 Å². The van der Waals surface area contributed by atoms with Crippen LogP contribution in [-0.2, 0) is 6.61 Å². The molecule has 1 heterocycles. The summed E-state index contributed by atoms with van der Waals surface area (Å²) in [7, 11) is 1.63. The molecule has 4 aromatic rings. The summed E-state index contributed by atoms with van der Waals surface area (Å²) >= 11 is 1.35. The number of benzene rings is 3. The summed E-state index contributed by atoms with van der Waals surface area (Å²) in [6.07, 6.45) is 0. The molecule has 7 heteroatoms. The summed E-state index contributed by atoms with van der Waals surface area (Å²) in [5.74, 6) is 2.45. The highest BCUT2D eigenvalue weighted by atomic mass is 32.2. The fraction of sp³-hybridized carbons (Fsp3) is 0.160. The fourth-order valence-electron chi connectivity index (χ4n) is 3.10. The maximum absolute atomic E-state index is 12.7. The van der Waals surface area contributed by atoms with E-state index in [0.717, 1.165) is 22.7 Å². The van der Waals surface area contributed by atoms with E-state index in [1.54, 1.807) is 7.11 Å². The molecule has 0 bridgehead atoms. The number of hydrogen-bond donors (Lipinski definition) is 0. The molecule has 162 valence electrons. The summed E-state index contributed by atoms with van der Waals surface area (Å²) in [6.45, 7) is 2.24. The third-order valence-corrected chi connectivity index (χ3v) is 5.78. The van der Waals surface area contributed by atoms with Crippen molar-refractivity contribution in [3.8, 4) is 17.2 Å². The van der Waals surface area contributed by atoms with Gasteiger partial charge in [0, 0.05) is 11.3 Å². The van der Waals surface area contributed by atoms with E-state index in [-0.39, 0.29) is 18.1 Å². The lowest BCUT2D eigenvalue weighted by Gasteiger charge is -2.12. The van der Waals surface area contributed by atoms with E-state index in [2.05, 4.69) is 10.2 Å². The lowest BCUT2D eigenvalue weighted by molar-refractivity contribution is 0.102. The molecule has 0 aliphatic rings. The second kappa shape index (κ2) is 10.2. The van der Waals surface area contributed by atoms with Crippen molar-refractivity contribution in [3.63, 3.8) is 0 Å². The molecule has 0 atom stereocenters. The number of Topliss-reactive ketones (excluding diaryl/α,β-unsaturated/α-hetero) is 1. The van der Waals surface area contributed by atoms with Gasteiger partial charge in [0.25, 0.3) is 0 Å². The van der Waals surface area contributed by atoms with Gasteiger partial charge < -0.3 is 9.47 Å². The van der Waals surface area contributed by atoms with E-state index < -0.39 is 0 Å². The number of hydrogen-bond acceptors (Lipinski definition) is 6. The monoisotopic (exact) mass is 445 g/mol. The highest BCUT2D eigenvalue weighted by Gasteiger charge is 2.17. The van der Waals surface area contributed by atoms with E-state index >= 15 is 0 Å². The number of aryl methyl sites for hydroxylation is 1. The van der Waals surface area contributed by atoms with Crippen LogP contribution in [0.15, 0.2) is 84.0 Å². The van der Waals surface area contributed by atoms with E-state index in [1.165, 1.54) is 11.8 Å². The Morgan fingerprint density at radius 2 is 1.62 bits per heavy atom. The minimum atomic E-state index is 0.0429. The molecule has 0 fully saturated rings. The summed E-state index contributed by atoms with van der Waals surface area (Å²) < 4.78 is 13.1. The average molecular weight is 446 g/mol. The standard InChI is InChI=1S/C25H23N3O3S/c1-18-8-10-19(11-9-18)23(29)17-32-25-27-26-24(16-31-22-6-4-3-5-7-22)28(25)20-12-14-21(30-2)15-13-20/h3-15H,16-17H2,1-2H3. The maximum atomic E-state index is 12.7. The number of aromatic nitrogens is 3. The second-order valence-electron chi connectivity index (χ2n) is 7.11. The van der Waals surface area contributed by atoms with Gasteiger partial charge in [-0.05, 0) is 43.3 Å². The molecule has 0 N–H and O–H groups in total. The Hall–Kier alpha value is -3.58. The first-order chi connectivity index (χ1) is 15.6. The first kappa shape index (κ1) is 21.6. The van der Waals surface area contributed by atoms with Crippen LogP contribution in [0.1, 0.15) is 21.7 Å². The molecule has 3 aromatic carbocycles. The largest absolute Gasteiger partial charge is 0.497 e. The predicted octanol–water partition coefficient (Wildman–Crippen LogP) is 5.14. The Labute approximate surface area is 191 Å². The number of para-hydroxylation sites is 1. The number of carbonyl (C=O) groups is 1. The second-order valence-corrected chi connectivity index (χ2v) is 8.05. The van der Waals surface area contributed by atoms with Crippen LogP contribution < -0.4 is 9.47 Å². The SMILES string of the molecule is COc1ccc(-n2c(COc3ccccc3)nnc2SCC(=O)c2ccc(C)cc2)cc1. The van der Waals surface area contributed by atoms with Gasteiger partial charge in [-0.1, -0.05) is 59.8 Å². The number of carbonyl (C=O) groups excluding carboxylic acids is 1. The van der Waals surface area contributed by atoms with Crippen molar-refractivity contribution in [2.45, 2.75) is 18.7 Å². The van der Waals surface area contributed by atoms with Crippen molar-refractivity contribution in [2.24, 2.45) is 0 Å². The normalized spacial score (nSPS) is 10.7. The van der Waals surface area contributed by atoms with Crippen LogP contribution in [0.3, 0.4) is 0 Å². The Kier molecular flexibility index (Phi) is 6.87. The zero-order chi connectivity index (χ0) is 22.3. The Bertz CT molecular complexity index is 1170. The summed E-state index contributed by atoms with van der Waals surface area (Å²) in [4.78, 5) is 12.7. The number of thioether (sulfide) groups is 1. The van der Waals surface area contributed by atoms with Crippen LogP contribution in [0, 0.1) is 6.92 Å². The quantitative estimate of drug-likeness (QED) is 0.263. The van der Waals surface area contributed by atoms with Gasteiger partial charge in [-0.3, -0.25) is 9.36 Å². The van der Waals surface area contributed by atoms with Crippen LogP contribution >= 0.6 is 11.8 Å². The number of nitrogens with zero attached hydrogens (tertiary/aromatic N) is 3. The predicted molar refractivity (Wildman–Crippen MR) is 125 cm³/mol. The van der Waals surface area contributed by atoms with Crippen molar-refractivity contribution in [1.82, 2.24) is 14.8 Å². The number of rotatable bonds is 9. The van der Waals surface area contributed by atoms with Crippen LogP contribution in [0.25, 0.3) is 5.69 Å². The molecule has 6 nitrogen and oxygen atoms in total.